The van der Waals surface area contributed by atoms with Crippen molar-refractivity contribution in [2.75, 3.05) is 13.7 Å². The summed E-state index contributed by atoms with van der Waals surface area (Å²) in [5.41, 5.74) is 2.18. The minimum Gasteiger partial charge on any atom is -0.496 e. The lowest BCUT2D eigenvalue weighted by Gasteiger charge is -2.14. The molecular weight excluding hydrogens is 330 g/mol. The Morgan fingerprint density at radius 2 is 1.86 bits per heavy atom. The van der Waals surface area contributed by atoms with Crippen molar-refractivity contribution in [1.82, 2.24) is 5.32 Å². The summed E-state index contributed by atoms with van der Waals surface area (Å²) < 4.78 is 12.4. The molecule has 0 atom stereocenters. The highest BCUT2D eigenvalue weighted by Crippen LogP contribution is 2.25. The van der Waals surface area contributed by atoms with Crippen LogP contribution in [0.5, 0.6) is 11.5 Å². The molecule has 0 heterocycles. The highest BCUT2D eigenvalue weighted by Gasteiger charge is 2.07. The molecule has 21 heavy (non-hydrogen) atoms. The van der Waals surface area contributed by atoms with Gasteiger partial charge in [0.2, 0.25) is 0 Å². The zero-order valence-corrected chi connectivity index (χ0v) is 13.9. The van der Waals surface area contributed by atoms with Crippen molar-refractivity contribution in [3.63, 3.8) is 0 Å². The molecule has 0 aliphatic heterocycles. The minimum absolute atomic E-state index is 0.491. The zero-order valence-electron chi connectivity index (χ0n) is 12.4. The molecule has 0 aromatic heterocycles. The van der Waals surface area contributed by atoms with Crippen molar-refractivity contribution in [2.45, 2.75) is 20.1 Å². The summed E-state index contributed by atoms with van der Waals surface area (Å²) in [4.78, 5) is 0. The molecule has 0 saturated heterocycles. The van der Waals surface area contributed by atoms with Crippen LogP contribution in [0.1, 0.15) is 18.1 Å². The van der Waals surface area contributed by atoms with Gasteiger partial charge in [-0.1, -0.05) is 41.1 Å². The van der Waals surface area contributed by atoms with Gasteiger partial charge in [-0.2, -0.15) is 0 Å². The smallest absolute Gasteiger partial charge is 0.125 e. The molecule has 0 fully saturated rings. The fourth-order valence-electron chi connectivity index (χ4n) is 2.06. The Balaban J connectivity index is 2.12. The Morgan fingerprint density at radius 1 is 1.05 bits per heavy atom. The van der Waals surface area contributed by atoms with Crippen LogP contribution in [-0.2, 0) is 13.2 Å². The second-order valence-electron chi connectivity index (χ2n) is 4.63. The number of rotatable bonds is 7. The normalized spacial score (nSPS) is 10.4. The fourth-order valence-corrected chi connectivity index (χ4v) is 2.47. The monoisotopic (exact) mass is 349 g/mol. The van der Waals surface area contributed by atoms with Crippen LogP contribution in [0, 0.1) is 0 Å². The van der Waals surface area contributed by atoms with E-state index < -0.39 is 0 Å². The molecule has 0 saturated carbocycles. The van der Waals surface area contributed by atoms with Crippen molar-refractivity contribution in [3.05, 3.63) is 58.1 Å². The Kier molecular flexibility index (Phi) is 6.08. The van der Waals surface area contributed by atoms with Crippen LogP contribution in [0.4, 0.5) is 0 Å². The maximum Gasteiger partial charge on any atom is 0.125 e. The Morgan fingerprint density at radius 3 is 2.62 bits per heavy atom. The molecule has 0 aliphatic rings. The van der Waals surface area contributed by atoms with Crippen LogP contribution in [0.15, 0.2) is 46.9 Å². The molecule has 0 unspecified atom stereocenters. The van der Waals surface area contributed by atoms with E-state index in [-0.39, 0.29) is 0 Å². The average Bonchev–Trinajstić information content (AvgIpc) is 2.52. The van der Waals surface area contributed by atoms with E-state index in [4.69, 9.17) is 9.47 Å². The summed E-state index contributed by atoms with van der Waals surface area (Å²) in [6.07, 6.45) is 0. The summed E-state index contributed by atoms with van der Waals surface area (Å²) in [5, 5.41) is 3.33. The second-order valence-corrected chi connectivity index (χ2v) is 5.55. The number of benzene rings is 2. The number of para-hydroxylation sites is 1. The van der Waals surface area contributed by atoms with E-state index in [0.29, 0.717) is 6.61 Å². The molecule has 1 N–H and O–H groups in total. The number of nitrogens with one attached hydrogen (secondary N) is 1. The molecule has 0 bridgehead atoms. The molecule has 2 aromatic carbocycles. The van der Waals surface area contributed by atoms with Crippen molar-refractivity contribution in [2.24, 2.45) is 0 Å². The van der Waals surface area contributed by atoms with E-state index in [1.807, 2.05) is 36.4 Å². The Hall–Kier alpha value is -1.52. The van der Waals surface area contributed by atoms with Crippen LogP contribution in [0.3, 0.4) is 0 Å². The lowest BCUT2D eigenvalue weighted by molar-refractivity contribution is 0.293. The van der Waals surface area contributed by atoms with Gasteiger partial charge in [0.25, 0.3) is 0 Å². The number of methoxy groups -OCH3 is 1. The van der Waals surface area contributed by atoms with Gasteiger partial charge in [0.05, 0.1) is 7.11 Å². The number of halogens is 1. The first-order chi connectivity index (χ1) is 10.2. The lowest BCUT2D eigenvalue weighted by atomic mass is 10.2. The van der Waals surface area contributed by atoms with Gasteiger partial charge in [-0.25, -0.2) is 0 Å². The molecule has 3 nitrogen and oxygen atoms in total. The predicted octanol–water partition coefficient (Wildman–Crippen LogP) is 4.15. The third kappa shape index (κ3) is 4.48. The second kappa shape index (κ2) is 8.05. The highest BCUT2D eigenvalue weighted by molar-refractivity contribution is 9.10. The Bertz CT molecular complexity index is 587. The lowest BCUT2D eigenvalue weighted by Crippen LogP contribution is -2.13. The molecule has 4 heteroatoms. The first kappa shape index (κ1) is 15.9. The van der Waals surface area contributed by atoms with Gasteiger partial charge in [0.1, 0.15) is 18.1 Å². The standard InChI is InChI=1S/C17H20BrNO2/c1-3-19-11-14-10-15(18)8-9-17(14)21-12-13-6-4-5-7-16(13)20-2/h4-10,19H,3,11-12H2,1-2H3. The third-order valence-electron chi connectivity index (χ3n) is 3.16. The van der Waals surface area contributed by atoms with Crippen molar-refractivity contribution in [3.8, 4) is 11.5 Å². The van der Waals surface area contributed by atoms with Crippen LogP contribution in [0.25, 0.3) is 0 Å². The van der Waals surface area contributed by atoms with Crippen molar-refractivity contribution < 1.29 is 9.47 Å². The third-order valence-corrected chi connectivity index (χ3v) is 3.66. The number of ether oxygens (including phenoxy) is 2. The van der Waals surface area contributed by atoms with Gasteiger partial charge >= 0.3 is 0 Å². The SMILES string of the molecule is CCNCc1cc(Br)ccc1OCc1ccccc1OC. The summed E-state index contributed by atoms with van der Waals surface area (Å²) in [6, 6.07) is 14.0. The van der Waals surface area contributed by atoms with Crippen LogP contribution in [0.2, 0.25) is 0 Å². The molecule has 0 amide bonds. The van der Waals surface area contributed by atoms with E-state index >= 15 is 0 Å². The molecule has 0 spiro atoms. The van der Waals surface area contributed by atoms with E-state index in [2.05, 4.69) is 34.2 Å². The van der Waals surface area contributed by atoms with Gasteiger partial charge in [-0.15, -0.1) is 0 Å². The van der Waals surface area contributed by atoms with Crippen LogP contribution < -0.4 is 14.8 Å². The summed E-state index contributed by atoms with van der Waals surface area (Å²) in [5.74, 6) is 1.74. The number of hydrogen-bond donors (Lipinski definition) is 1. The summed E-state index contributed by atoms with van der Waals surface area (Å²) >= 11 is 3.50. The van der Waals surface area contributed by atoms with Gasteiger partial charge in [-0.05, 0) is 30.8 Å². The molecule has 2 rings (SSSR count). The molecule has 0 aliphatic carbocycles. The van der Waals surface area contributed by atoms with Gasteiger partial charge in [0, 0.05) is 22.1 Å². The van der Waals surface area contributed by atoms with Gasteiger partial charge in [0.15, 0.2) is 0 Å². The maximum absolute atomic E-state index is 5.98. The first-order valence-corrected chi connectivity index (χ1v) is 7.77. The van der Waals surface area contributed by atoms with E-state index in [1.165, 1.54) is 0 Å². The largest absolute Gasteiger partial charge is 0.496 e. The maximum atomic E-state index is 5.98. The van der Waals surface area contributed by atoms with Crippen LogP contribution in [-0.4, -0.2) is 13.7 Å². The van der Waals surface area contributed by atoms with Crippen molar-refractivity contribution >= 4 is 15.9 Å². The number of hydrogen-bond acceptors (Lipinski definition) is 3. The van der Waals surface area contributed by atoms with E-state index in [0.717, 1.165) is 40.2 Å². The van der Waals surface area contributed by atoms with Gasteiger partial charge in [-0.3, -0.25) is 0 Å². The topological polar surface area (TPSA) is 30.5 Å². The molecule has 0 radical (unpaired) electrons. The average molecular weight is 350 g/mol. The molecule has 2 aromatic rings. The van der Waals surface area contributed by atoms with Crippen LogP contribution >= 0.6 is 15.9 Å². The summed E-state index contributed by atoms with van der Waals surface area (Å²) in [6.45, 7) is 4.30. The summed E-state index contributed by atoms with van der Waals surface area (Å²) in [7, 11) is 1.68. The zero-order chi connectivity index (χ0) is 15.1. The van der Waals surface area contributed by atoms with Crippen molar-refractivity contribution in [1.29, 1.82) is 0 Å². The van der Waals surface area contributed by atoms with Gasteiger partial charge < -0.3 is 14.8 Å². The van der Waals surface area contributed by atoms with E-state index in [1.54, 1.807) is 7.11 Å². The molecule has 112 valence electrons. The Labute approximate surface area is 134 Å². The fraction of sp³-hybridized carbons (Fsp3) is 0.294. The van der Waals surface area contributed by atoms with E-state index in [9.17, 15) is 0 Å². The first-order valence-electron chi connectivity index (χ1n) is 6.98. The molecular formula is C17H20BrNO2. The predicted molar refractivity (Wildman–Crippen MR) is 88.8 cm³/mol. The highest BCUT2D eigenvalue weighted by atomic mass is 79.9. The quantitative estimate of drug-likeness (QED) is 0.814. The minimum atomic E-state index is 0.491.